The van der Waals surface area contributed by atoms with E-state index in [9.17, 15) is 4.79 Å². The fraction of sp³-hybridized carbons (Fsp3) is 0.167. The van der Waals surface area contributed by atoms with Crippen LogP contribution in [0, 0.1) is 6.92 Å². The Balaban J connectivity index is 2.25. The van der Waals surface area contributed by atoms with Gasteiger partial charge in [-0.15, -0.1) is 0 Å². The first-order valence-corrected chi connectivity index (χ1v) is 6.17. The molecule has 18 heavy (non-hydrogen) atoms. The second-order valence-corrected chi connectivity index (χ2v) is 4.89. The number of aromatic amines is 1. The Morgan fingerprint density at radius 2 is 2.22 bits per heavy atom. The summed E-state index contributed by atoms with van der Waals surface area (Å²) in [6, 6.07) is 5.58. The number of halogens is 1. The van der Waals surface area contributed by atoms with Crippen LogP contribution in [0.5, 0.6) is 0 Å². The lowest BCUT2D eigenvalue weighted by Crippen LogP contribution is -2.08. The van der Waals surface area contributed by atoms with Crippen LogP contribution in [0.25, 0.3) is 22.4 Å². The summed E-state index contributed by atoms with van der Waals surface area (Å²) < 4.78 is 7.46. The van der Waals surface area contributed by atoms with Crippen molar-refractivity contribution < 1.29 is 4.42 Å². The Hall–Kier alpha value is -1.82. The first-order chi connectivity index (χ1) is 8.56. The minimum atomic E-state index is -0.362. The zero-order chi connectivity index (χ0) is 12.9. The molecule has 2 heterocycles. The monoisotopic (exact) mass is 307 g/mol. The van der Waals surface area contributed by atoms with Gasteiger partial charge in [0.05, 0.1) is 5.52 Å². The van der Waals surface area contributed by atoms with Crippen molar-refractivity contribution in [3.63, 3.8) is 0 Å². The Morgan fingerprint density at radius 3 is 2.89 bits per heavy atom. The summed E-state index contributed by atoms with van der Waals surface area (Å²) in [6.45, 7) is 1.88. The molecule has 0 saturated carbocycles. The highest BCUT2D eigenvalue weighted by atomic mass is 79.9. The van der Waals surface area contributed by atoms with Crippen LogP contribution in [0.2, 0.25) is 0 Å². The van der Waals surface area contributed by atoms with Crippen molar-refractivity contribution in [2.24, 2.45) is 7.05 Å². The van der Waals surface area contributed by atoms with Crippen molar-refractivity contribution in [3.05, 3.63) is 39.2 Å². The van der Waals surface area contributed by atoms with Gasteiger partial charge in [0.15, 0.2) is 5.58 Å². The summed E-state index contributed by atoms with van der Waals surface area (Å²) >= 11 is 3.42. The number of hydrogen-bond acceptors (Lipinski definition) is 3. The fourth-order valence-corrected chi connectivity index (χ4v) is 2.54. The number of oxazole rings is 1. The molecule has 0 saturated heterocycles. The molecule has 3 rings (SSSR count). The summed E-state index contributed by atoms with van der Waals surface area (Å²) in [6.07, 6.45) is 0. The fourth-order valence-electron chi connectivity index (χ4n) is 1.94. The van der Waals surface area contributed by atoms with E-state index in [2.05, 4.69) is 25.9 Å². The Bertz CT molecular complexity index is 797. The maximum Gasteiger partial charge on any atom is 0.419 e. The van der Waals surface area contributed by atoms with Gasteiger partial charge in [-0.3, -0.25) is 4.57 Å². The first kappa shape index (κ1) is 11.3. The number of aryl methyl sites for hydroxylation is 2. The molecular weight excluding hydrogens is 298 g/mol. The smallest absolute Gasteiger partial charge is 0.408 e. The molecule has 6 heteroatoms. The number of hydrogen-bond donors (Lipinski definition) is 1. The van der Waals surface area contributed by atoms with Gasteiger partial charge in [-0.25, -0.2) is 9.78 Å². The standard InChI is InChI=1S/C12H10BrN3O2/c1-6-14-10(11(13)15-6)7-3-4-8-9(5-7)18-12(17)16(8)2/h3-5H,1-2H3,(H,14,15). The molecule has 0 unspecified atom stereocenters. The predicted octanol–water partition coefficient (Wildman–Crippen LogP) is 2.59. The van der Waals surface area contributed by atoms with Gasteiger partial charge in [-0.1, -0.05) is 6.07 Å². The molecule has 5 nitrogen and oxygen atoms in total. The summed E-state index contributed by atoms with van der Waals surface area (Å²) in [5.41, 5.74) is 3.04. The minimum absolute atomic E-state index is 0.362. The quantitative estimate of drug-likeness (QED) is 0.751. The third-order valence-electron chi connectivity index (χ3n) is 2.84. The number of aromatic nitrogens is 3. The van der Waals surface area contributed by atoms with Crippen molar-refractivity contribution in [3.8, 4) is 11.3 Å². The van der Waals surface area contributed by atoms with Gasteiger partial charge in [-0.2, -0.15) is 0 Å². The lowest BCUT2D eigenvalue weighted by Gasteiger charge is -1.98. The second kappa shape index (κ2) is 3.84. The van der Waals surface area contributed by atoms with Gasteiger partial charge >= 0.3 is 5.76 Å². The molecule has 3 aromatic rings. The summed E-state index contributed by atoms with van der Waals surface area (Å²) in [5.74, 6) is 0.464. The van der Waals surface area contributed by atoms with E-state index < -0.39 is 0 Å². The van der Waals surface area contributed by atoms with E-state index >= 15 is 0 Å². The first-order valence-electron chi connectivity index (χ1n) is 5.38. The Labute approximate surface area is 111 Å². The van der Waals surface area contributed by atoms with Gasteiger partial charge in [0.2, 0.25) is 0 Å². The van der Waals surface area contributed by atoms with Crippen LogP contribution in [0.4, 0.5) is 0 Å². The molecule has 0 aliphatic heterocycles. The molecular formula is C12H10BrN3O2. The van der Waals surface area contributed by atoms with E-state index in [1.807, 2.05) is 25.1 Å². The van der Waals surface area contributed by atoms with Crippen LogP contribution in [-0.2, 0) is 7.05 Å². The highest BCUT2D eigenvalue weighted by molar-refractivity contribution is 9.10. The number of rotatable bonds is 1. The highest BCUT2D eigenvalue weighted by Gasteiger charge is 2.11. The number of benzene rings is 1. The molecule has 0 atom stereocenters. The molecule has 2 aromatic heterocycles. The molecule has 0 fully saturated rings. The second-order valence-electron chi connectivity index (χ2n) is 4.09. The van der Waals surface area contributed by atoms with E-state index in [4.69, 9.17) is 4.42 Å². The summed E-state index contributed by atoms with van der Waals surface area (Å²) in [4.78, 5) is 18.9. The molecule has 1 N–H and O–H groups in total. The summed E-state index contributed by atoms with van der Waals surface area (Å²) in [5, 5.41) is 0. The number of fused-ring (bicyclic) bond motifs is 1. The number of nitrogens with one attached hydrogen (secondary N) is 1. The zero-order valence-corrected chi connectivity index (χ0v) is 11.4. The normalized spacial score (nSPS) is 11.3. The number of imidazole rings is 1. The van der Waals surface area contributed by atoms with Gasteiger partial charge in [0.25, 0.3) is 0 Å². The average Bonchev–Trinajstić information content (AvgIpc) is 2.80. The van der Waals surface area contributed by atoms with Gasteiger partial charge < -0.3 is 9.40 Å². The van der Waals surface area contributed by atoms with Gasteiger partial charge in [0, 0.05) is 12.6 Å². The third kappa shape index (κ3) is 1.60. The molecule has 1 aromatic carbocycles. The molecule has 0 aliphatic carbocycles. The van der Waals surface area contributed by atoms with Gasteiger partial charge in [0.1, 0.15) is 16.1 Å². The predicted molar refractivity (Wildman–Crippen MR) is 71.5 cm³/mol. The van der Waals surface area contributed by atoms with E-state index in [1.165, 1.54) is 4.57 Å². The van der Waals surface area contributed by atoms with Crippen LogP contribution in [-0.4, -0.2) is 14.5 Å². The molecule has 0 radical (unpaired) electrons. The molecule has 92 valence electrons. The van der Waals surface area contributed by atoms with Crippen LogP contribution in [0.3, 0.4) is 0 Å². The van der Waals surface area contributed by atoms with E-state index in [0.29, 0.717) is 5.58 Å². The van der Waals surface area contributed by atoms with Crippen LogP contribution < -0.4 is 5.76 Å². The van der Waals surface area contributed by atoms with Crippen LogP contribution >= 0.6 is 15.9 Å². The molecule has 0 aliphatic rings. The van der Waals surface area contributed by atoms with Crippen molar-refractivity contribution >= 4 is 27.0 Å². The van der Waals surface area contributed by atoms with E-state index in [1.54, 1.807) is 7.05 Å². The molecule has 0 amide bonds. The lowest BCUT2D eigenvalue weighted by atomic mass is 10.1. The topological polar surface area (TPSA) is 63.8 Å². The van der Waals surface area contributed by atoms with E-state index in [-0.39, 0.29) is 5.76 Å². The SMILES string of the molecule is Cc1nc(-c2ccc3c(c2)oc(=O)n3C)c(Br)[nH]1. The summed E-state index contributed by atoms with van der Waals surface area (Å²) in [7, 11) is 1.68. The minimum Gasteiger partial charge on any atom is -0.408 e. The van der Waals surface area contributed by atoms with Crippen molar-refractivity contribution in [1.29, 1.82) is 0 Å². The van der Waals surface area contributed by atoms with Crippen LogP contribution in [0.15, 0.2) is 32.0 Å². The van der Waals surface area contributed by atoms with Gasteiger partial charge in [-0.05, 0) is 35.0 Å². The maximum atomic E-state index is 11.4. The Morgan fingerprint density at radius 1 is 1.44 bits per heavy atom. The third-order valence-corrected chi connectivity index (χ3v) is 3.42. The van der Waals surface area contributed by atoms with Crippen molar-refractivity contribution in [2.45, 2.75) is 6.92 Å². The van der Waals surface area contributed by atoms with Crippen LogP contribution in [0.1, 0.15) is 5.82 Å². The Kier molecular flexibility index (Phi) is 2.41. The largest absolute Gasteiger partial charge is 0.419 e. The maximum absolute atomic E-state index is 11.4. The van der Waals surface area contributed by atoms with Crippen molar-refractivity contribution in [2.75, 3.05) is 0 Å². The number of nitrogens with zero attached hydrogens (tertiary/aromatic N) is 2. The highest BCUT2D eigenvalue weighted by Crippen LogP contribution is 2.28. The van der Waals surface area contributed by atoms with E-state index in [0.717, 1.165) is 27.2 Å². The average molecular weight is 308 g/mol. The van der Waals surface area contributed by atoms with Crippen molar-refractivity contribution in [1.82, 2.24) is 14.5 Å². The number of H-pyrrole nitrogens is 1. The lowest BCUT2D eigenvalue weighted by molar-refractivity contribution is 0.528. The zero-order valence-electron chi connectivity index (χ0n) is 9.82. The molecule has 0 spiro atoms. The molecule has 0 bridgehead atoms.